The second kappa shape index (κ2) is 9.64. The zero-order valence-corrected chi connectivity index (χ0v) is 14.8. The number of aryl methyl sites for hydroxylation is 1. The first-order chi connectivity index (χ1) is 11.6. The van der Waals surface area contributed by atoms with E-state index in [-0.39, 0.29) is 18.6 Å². The van der Waals surface area contributed by atoms with Crippen LogP contribution < -0.4 is 10.1 Å². The van der Waals surface area contributed by atoms with E-state index in [1.54, 1.807) is 0 Å². The molecule has 24 heavy (non-hydrogen) atoms. The summed E-state index contributed by atoms with van der Waals surface area (Å²) in [6, 6.07) is 8.19. The highest BCUT2D eigenvalue weighted by molar-refractivity contribution is 5.75. The zero-order valence-electron chi connectivity index (χ0n) is 14.8. The summed E-state index contributed by atoms with van der Waals surface area (Å²) in [6.07, 6.45) is 3.05. The maximum atomic E-state index is 11.5. The molecule has 0 aromatic heterocycles. The number of piperidine rings is 1. The smallest absolute Gasteiger partial charge is 0.219 e. The molecular formula is C19H30N2O3. The van der Waals surface area contributed by atoms with E-state index in [0.717, 1.165) is 38.1 Å². The highest BCUT2D eigenvalue weighted by Gasteiger charge is 2.22. The Labute approximate surface area is 145 Å². The largest absolute Gasteiger partial charge is 0.491 e. The highest BCUT2D eigenvalue weighted by Crippen LogP contribution is 2.14. The van der Waals surface area contributed by atoms with Gasteiger partial charge in [0.25, 0.3) is 0 Å². The number of aliphatic hydroxyl groups is 1. The number of amides is 1. The van der Waals surface area contributed by atoms with Crippen molar-refractivity contribution in [1.29, 1.82) is 0 Å². The standard InChI is InChI=1S/C19H30N2O3/c1-3-15-7-9-18(10-8-15)24-14-17(22)13-21-11-5-6-16(12-21)20-19(23)4-2/h7-10,16-17,22H,3-6,11-14H2,1-2H3,(H,20,23). The topological polar surface area (TPSA) is 61.8 Å². The van der Waals surface area contributed by atoms with Gasteiger partial charge < -0.3 is 15.2 Å². The van der Waals surface area contributed by atoms with E-state index >= 15 is 0 Å². The summed E-state index contributed by atoms with van der Waals surface area (Å²) in [6.45, 7) is 6.60. The van der Waals surface area contributed by atoms with Gasteiger partial charge in [0.1, 0.15) is 18.5 Å². The Kier molecular flexibility index (Phi) is 7.53. The van der Waals surface area contributed by atoms with Gasteiger partial charge in [0.2, 0.25) is 5.91 Å². The molecule has 134 valence electrons. The number of carbonyl (C=O) groups excluding carboxylic acids is 1. The van der Waals surface area contributed by atoms with E-state index < -0.39 is 6.10 Å². The van der Waals surface area contributed by atoms with E-state index in [9.17, 15) is 9.90 Å². The Hall–Kier alpha value is -1.59. The summed E-state index contributed by atoms with van der Waals surface area (Å²) < 4.78 is 5.67. The Morgan fingerprint density at radius 1 is 1.38 bits per heavy atom. The number of aliphatic hydroxyl groups excluding tert-OH is 1. The van der Waals surface area contributed by atoms with Crippen molar-refractivity contribution in [3.8, 4) is 5.75 Å². The number of benzene rings is 1. The fourth-order valence-corrected chi connectivity index (χ4v) is 3.03. The van der Waals surface area contributed by atoms with Crippen molar-refractivity contribution < 1.29 is 14.6 Å². The molecule has 0 saturated carbocycles. The van der Waals surface area contributed by atoms with Crippen LogP contribution in [-0.2, 0) is 11.2 Å². The Morgan fingerprint density at radius 2 is 2.12 bits per heavy atom. The Bertz CT molecular complexity index is 504. The van der Waals surface area contributed by atoms with Gasteiger partial charge in [-0.1, -0.05) is 26.0 Å². The number of hydrogen-bond acceptors (Lipinski definition) is 4. The Balaban J connectivity index is 1.72. The minimum atomic E-state index is -0.531. The van der Waals surface area contributed by atoms with Gasteiger partial charge >= 0.3 is 0 Å². The highest BCUT2D eigenvalue weighted by atomic mass is 16.5. The predicted molar refractivity (Wildman–Crippen MR) is 95.2 cm³/mol. The molecule has 1 amide bonds. The lowest BCUT2D eigenvalue weighted by molar-refractivity contribution is -0.121. The van der Waals surface area contributed by atoms with Crippen LogP contribution in [0.5, 0.6) is 5.75 Å². The third-order valence-corrected chi connectivity index (χ3v) is 4.43. The molecule has 1 aromatic rings. The summed E-state index contributed by atoms with van der Waals surface area (Å²) in [5.74, 6) is 0.888. The van der Waals surface area contributed by atoms with Gasteiger partial charge in [0.05, 0.1) is 0 Å². The fourth-order valence-electron chi connectivity index (χ4n) is 3.03. The molecule has 1 aromatic carbocycles. The zero-order chi connectivity index (χ0) is 17.4. The average molecular weight is 334 g/mol. The third kappa shape index (κ3) is 6.13. The number of carbonyl (C=O) groups is 1. The molecule has 0 radical (unpaired) electrons. The predicted octanol–water partition coefficient (Wildman–Crippen LogP) is 1.98. The maximum absolute atomic E-state index is 11.5. The normalized spacial score (nSPS) is 19.7. The molecule has 0 bridgehead atoms. The molecule has 1 fully saturated rings. The number of hydrogen-bond donors (Lipinski definition) is 2. The molecule has 1 heterocycles. The quantitative estimate of drug-likeness (QED) is 0.763. The maximum Gasteiger partial charge on any atom is 0.219 e. The summed E-state index contributed by atoms with van der Waals surface area (Å²) >= 11 is 0. The van der Waals surface area contributed by atoms with E-state index in [1.807, 2.05) is 31.2 Å². The van der Waals surface area contributed by atoms with Gasteiger partial charge in [-0.25, -0.2) is 0 Å². The summed E-state index contributed by atoms with van der Waals surface area (Å²) in [5, 5.41) is 13.3. The molecule has 0 aliphatic carbocycles. The molecule has 5 nitrogen and oxygen atoms in total. The van der Waals surface area contributed by atoms with Gasteiger partial charge in [0, 0.05) is 25.6 Å². The number of β-amino-alcohol motifs (C(OH)–C–C–N with tert-alkyl or cyclic N) is 1. The second-order valence-electron chi connectivity index (χ2n) is 6.48. The van der Waals surface area contributed by atoms with E-state index in [4.69, 9.17) is 4.74 Å². The number of likely N-dealkylation sites (tertiary alicyclic amines) is 1. The van der Waals surface area contributed by atoms with Gasteiger partial charge in [-0.2, -0.15) is 0 Å². The van der Waals surface area contributed by atoms with Crippen molar-refractivity contribution in [3.05, 3.63) is 29.8 Å². The molecular weight excluding hydrogens is 304 g/mol. The van der Waals surface area contributed by atoms with E-state index in [1.165, 1.54) is 5.56 Å². The van der Waals surface area contributed by atoms with Gasteiger partial charge in [-0.15, -0.1) is 0 Å². The van der Waals surface area contributed by atoms with Crippen LogP contribution in [0.4, 0.5) is 0 Å². The van der Waals surface area contributed by atoms with Gasteiger partial charge in [-0.3, -0.25) is 9.69 Å². The molecule has 2 atom stereocenters. The van der Waals surface area contributed by atoms with Crippen molar-refractivity contribution in [1.82, 2.24) is 10.2 Å². The van der Waals surface area contributed by atoms with Crippen molar-refractivity contribution in [2.45, 2.75) is 51.7 Å². The lowest BCUT2D eigenvalue weighted by atomic mass is 10.1. The van der Waals surface area contributed by atoms with Gasteiger partial charge in [0.15, 0.2) is 0 Å². The third-order valence-electron chi connectivity index (χ3n) is 4.43. The second-order valence-corrected chi connectivity index (χ2v) is 6.48. The molecule has 2 unspecified atom stereocenters. The first kappa shape index (κ1) is 18.7. The van der Waals surface area contributed by atoms with Crippen LogP contribution in [0.1, 0.15) is 38.7 Å². The molecule has 1 aliphatic heterocycles. The van der Waals surface area contributed by atoms with Crippen LogP contribution in [0.25, 0.3) is 0 Å². The van der Waals surface area contributed by atoms with Gasteiger partial charge in [-0.05, 0) is 43.5 Å². The number of nitrogens with one attached hydrogen (secondary N) is 1. The molecule has 0 spiro atoms. The minimum Gasteiger partial charge on any atom is -0.491 e. The average Bonchev–Trinajstić information content (AvgIpc) is 2.60. The number of ether oxygens (including phenoxy) is 1. The van der Waals surface area contributed by atoms with Crippen molar-refractivity contribution in [2.24, 2.45) is 0 Å². The van der Waals surface area contributed by atoms with Crippen LogP contribution >= 0.6 is 0 Å². The Morgan fingerprint density at radius 3 is 2.79 bits per heavy atom. The van der Waals surface area contributed by atoms with E-state index in [0.29, 0.717) is 13.0 Å². The SMILES string of the molecule is CCC(=O)NC1CCCN(CC(O)COc2ccc(CC)cc2)C1. The lowest BCUT2D eigenvalue weighted by Crippen LogP contribution is -2.49. The summed E-state index contributed by atoms with van der Waals surface area (Å²) in [5.41, 5.74) is 1.27. The van der Waals surface area contributed by atoms with E-state index in [2.05, 4.69) is 17.1 Å². The molecule has 2 rings (SSSR count). The monoisotopic (exact) mass is 334 g/mol. The van der Waals surface area contributed by atoms with Crippen LogP contribution in [0, 0.1) is 0 Å². The van der Waals surface area contributed by atoms with Crippen molar-refractivity contribution in [2.75, 3.05) is 26.2 Å². The first-order valence-electron chi connectivity index (χ1n) is 9.02. The van der Waals surface area contributed by atoms with Crippen LogP contribution in [0.15, 0.2) is 24.3 Å². The molecule has 5 heteroatoms. The van der Waals surface area contributed by atoms with Crippen LogP contribution in [0.2, 0.25) is 0 Å². The summed E-state index contributed by atoms with van der Waals surface area (Å²) in [7, 11) is 0. The van der Waals surface area contributed by atoms with Crippen molar-refractivity contribution >= 4 is 5.91 Å². The number of nitrogens with zero attached hydrogens (tertiary/aromatic N) is 1. The first-order valence-corrected chi connectivity index (χ1v) is 9.02. The number of rotatable bonds is 8. The van der Waals surface area contributed by atoms with Crippen molar-refractivity contribution in [3.63, 3.8) is 0 Å². The molecule has 1 aliphatic rings. The fraction of sp³-hybridized carbons (Fsp3) is 0.632. The molecule has 1 saturated heterocycles. The minimum absolute atomic E-state index is 0.0984. The van der Waals surface area contributed by atoms with Crippen LogP contribution in [-0.4, -0.2) is 54.3 Å². The summed E-state index contributed by atoms with van der Waals surface area (Å²) in [4.78, 5) is 13.7. The lowest BCUT2D eigenvalue weighted by Gasteiger charge is -2.34. The van der Waals surface area contributed by atoms with Crippen LogP contribution in [0.3, 0.4) is 0 Å². The molecule has 2 N–H and O–H groups in total.